The number of methoxy groups -OCH3 is 1. The Bertz CT molecular complexity index is 282. The number of ether oxygens (including phenoxy) is 1. The number of hydrogen-bond acceptors (Lipinski definition) is 3. The van der Waals surface area contributed by atoms with Crippen molar-refractivity contribution in [2.45, 2.75) is 52.2 Å². The molecule has 0 aliphatic carbocycles. The van der Waals surface area contributed by atoms with Crippen molar-refractivity contribution < 1.29 is 19.4 Å². The van der Waals surface area contributed by atoms with Crippen LogP contribution in [0.15, 0.2) is 0 Å². The molecule has 0 saturated carbocycles. The van der Waals surface area contributed by atoms with Crippen LogP contribution in [0.4, 0.5) is 4.79 Å². The van der Waals surface area contributed by atoms with Gasteiger partial charge in [0.2, 0.25) is 0 Å². The fraction of sp³-hybridized carbons (Fsp3) is 0.846. The molecule has 0 radical (unpaired) electrons. The van der Waals surface area contributed by atoms with E-state index in [0.717, 1.165) is 19.3 Å². The summed E-state index contributed by atoms with van der Waals surface area (Å²) < 4.78 is 4.72. The molecule has 0 aliphatic heterocycles. The van der Waals surface area contributed by atoms with E-state index >= 15 is 0 Å². The molecule has 6 nitrogen and oxygen atoms in total. The smallest absolute Gasteiger partial charge is 0.334 e. The van der Waals surface area contributed by atoms with Crippen LogP contribution in [0.5, 0.6) is 0 Å². The summed E-state index contributed by atoms with van der Waals surface area (Å²) in [7, 11) is 1.30. The standard InChI is InChI=1S/C13H26N2O4/c1-9(2)6-5-7-10(3)15-13(18)14-8-11(19-4)12(16)17/h9-11H,5-8H2,1-4H3,(H,16,17)(H2,14,15,18). The molecule has 2 atom stereocenters. The third-order valence-electron chi connectivity index (χ3n) is 2.80. The van der Waals surface area contributed by atoms with E-state index in [1.54, 1.807) is 0 Å². The van der Waals surface area contributed by atoms with Crippen molar-refractivity contribution in [2.75, 3.05) is 13.7 Å². The zero-order valence-electron chi connectivity index (χ0n) is 12.2. The Morgan fingerprint density at radius 2 is 1.84 bits per heavy atom. The summed E-state index contributed by atoms with van der Waals surface area (Å²) in [5.74, 6) is -0.424. The monoisotopic (exact) mass is 274 g/mol. The highest BCUT2D eigenvalue weighted by Crippen LogP contribution is 2.07. The van der Waals surface area contributed by atoms with Gasteiger partial charge in [0.05, 0.1) is 6.54 Å². The van der Waals surface area contributed by atoms with Crippen molar-refractivity contribution in [3.8, 4) is 0 Å². The minimum absolute atomic E-state index is 0.0453. The van der Waals surface area contributed by atoms with Crippen LogP contribution in [0.1, 0.15) is 40.0 Å². The molecule has 0 aromatic rings. The number of carbonyl (C=O) groups is 2. The Morgan fingerprint density at radius 1 is 1.21 bits per heavy atom. The Morgan fingerprint density at radius 3 is 2.32 bits per heavy atom. The molecular weight excluding hydrogens is 248 g/mol. The lowest BCUT2D eigenvalue weighted by Gasteiger charge is -2.16. The van der Waals surface area contributed by atoms with Crippen molar-refractivity contribution in [3.05, 3.63) is 0 Å². The molecule has 112 valence electrons. The van der Waals surface area contributed by atoms with Gasteiger partial charge in [0.25, 0.3) is 0 Å². The van der Waals surface area contributed by atoms with Crippen LogP contribution >= 0.6 is 0 Å². The molecule has 0 spiro atoms. The van der Waals surface area contributed by atoms with Crippen molar-refractivity contribution in [2.24, 2.45) is 5.92 Å². The molecule has 0 aromatic carbocycles. The second kappa shape index (κ2) is 9.61. The maximum absolute atomic E-state index is 11.5. The third kappa shape index (κ3) is 9.30. The quantitative estimate of drug-likeness (QED) is 0.596. The average Bonchev–Trinajstić information content (AvgIpc) is 2.28. The highest BCUT2D eigenvalue weighted by molar-refractivity contribution is 5.76. The number of carbonyl (C=O) groups excluding carboxylic acids is 1. The van der Waals surface area contributed by atoms with Gasteiger partial charge in [-0.3, -0.25) is 0 Å². The number of carboxylic acids is 1. The van der Waals surface area contributed by atoms with Crippen LogP contribution in [-0.2, 0) is 9.53 Å². The summed E-state index contributed by atoms with van der Waals surface area (Å²) in [5.41, 5.74) is 0. The van der Waals surface area contributed by atoms with E-state index in [1.165, 1.54) is 7.11 Å². The first-order valence-electron chi connectivity index (χ1n) is 6.66. The Labute approximate surface area is 114 Å². The zero-order chi connectivity index (χ0) is 14.8. The number of amides is 2. The third-order valence-corrected chi connectivity index (χ3v) is 2.80. The lowest BCUT2D eigenvalue weighted by atomic mass is 10.0. The van der Waals surface area contributed by atoms with Crippen molar-refractivity contribution in [1.29, 1.82) is 0 Å². The first-order chi connectivity index (χ1) is 8.86. The first-order valence-corrected chi connectivity index (χ1v) is 6.66. The van der Waals surface area contributed by atoms with E-state index in [-0.39, 0.29) is 18.6 Å². The largest absolute Gasteiger partial charge is 0.479 e. The van der Waals surface area contributed by atoms with Gasteiger partial charge in [0.15, 0.2) is 6.10 Å². The molecule has 19 heavy (non-hydrogen) atoms. The topological polar surface area (TPSA) is 87.7 Å². The van der Waals surface area contributed by atoms with Crippen molar-refractivity contribution >= 4 is 12.0 Å². The lowest BCUT2D eigenvalue weighted by molar-refractivity contribution is -0.147. The maximum Gasteiger partial charge on any atom is 0.334 e. The Balaban J connectivity index is 3.81. The molecule has 0 saturated heterocycles. The predicted octanol–water partition coefficient (Wildman–Crippen LogP) is 1.60. The summed E-state index contributed by atoms with van der Waals surface area (Å²) in [5, 5.41) is 14.0. The van der Waals surface area contributed by atoms with Gasteiger partial charge in [0.1, 0.15) is 0 Å². The van der Waals surface area contributed by atoms with E-state index in [9.17, 15) is 9.59 Å². The van der Waals surface area contributed by atoms with Gasteiger partial charge in [-0.2, -0.15) is 0 Å². The van der Waals surface area contributed by atoms with Gasteiger partial charge in [-0.05, 0) is 19.3 Å². The summed E-state index contributed by atoms with van der Waals surface area (Å²) in [6.45, 7) is 6.23. The van der Waals surface area contributed by atoms with Crippen LogP contribution in [0.3, 0.4) is 0 Å². The molecular formula is C13H26N2O4. The molecule has 0 heterocycles. The predicted molar refractivity (Wildman–Crippen MR) is 73.1 cm³/mol. The number of rotatable bonds is 9. The molecule has 2 unspecified atom stereocenters. The van der Waals surface area contributed by atoms with Crippen LogP contribution in [0.25, 0.3) is 0 Å². The second-order valence-electron chi connectivity index (χ2n) is 5.14. The van der Waals surface area contributed by atoms with Gasteiger partial charge in [-0.1, -0.05) is 26.7 Å². The number of nitrogens with one attached hydrogen (secondary N) is 2. The molecule has 0 aliphatic rings. The Kier molecular flexibility index (Phi) is 8.95. The van der Waals surface area contributed by atoms with E-state index in [2.05, 4.69) is 24.5 Å². The number of hydrogen-bond donors (Lipinski definition) is 3. The molecule has 0 aromatic heterocycles. The van der Waals surface area contributed by atoms with E-state index < -0.39 is 12.1 Å². The Hall–Kier alpha value is -1.30. The number of aliphatic carboxylic acids is 1. The van der Waals surface area contributed by atoms with E-state index in [4.69, 9.17) is 9.84 Å². The number of urea groups is 1. The van der Waals surface area contributed by atoms with Gasteiger partial charge in [0, 0.05) is 13.2 Å². The maximum atomic E-state index is 11.5. The van der Waals surface area contributed by atoms with Crippen LogP contribution in [0, 0.1) is 5.92 Å². The van der Waals surface area contributed by atoms with Gasteiger partial charge >= 0.3 is 12.0 Å². The fourth-order valence-corrected chi connectivity index (χ4v) is 1.64. The molecule has 6 heteroatoms. The molecule has 0 bridgehead atoms. The van der Waals surface area contributed by atoms with Gasteiger partial charge in [-0.15, -0.1) is 0 Å². The van der Waals surface area contributed by atoms with Crippen LogP contribution in [0.2, 0.25) is 0 Å². The van der Waals surface area contributed by atoms with Gasteiger partial charge < -0.3 is 20.5 Å². The summed E-state index contributed by atoms with van der Waals surface area (Å²) >= 11 is 0. The van der Waals surface area contributed by atoms with E-state index in [1.807, 2.05) is 6.92 Å². The summed E-state index contributed by atoms with van der Waals surface area (Å²) in [6, 6.07) is -0.287. The first kappa shape index (κ1) is 17.7. The minimum atomic E-state index is -1.09. The average molecular weight is 274 g/mol. The molecule has 0 fully saturated rings. The second-order valence-corrected chi connectivity index (χ2v) is 5.14. The van der Waals surface area contributed by atoms with Gasteiger partial charge in [-0.25, -0.2) is 9.59 Å². The lowest BCUT2D eigenvalue weighted by Crippen LogP contribution is -2.45. The van der Waals surface area contributed by atoms with Crippen LogP contribution in [-0.4, -0.2) is 42.9 Å². The molecule has 0 rings (SSSR count). The fourth-order valence-electron chi connectivity index (χ4n) is 1.64. The highest BCUT2D eigenvalue weighted by Gasteiger charge is 2.17. The zero-order valence-corrected chi connectivity index (χ0v) is 12.2. The van der Waals surface area contributed by atoms with Crippen LogP contribution < -0.4 is 10.6 Å². The van der Waals surface area contributed by atoms with Crippen molar-refractivity contribution in [3.63, 3.8) is 0 Å². The molecule has 3 N–H and O–H groups in total. The summed E-state index contributed by atoms with van der Waals surface area (Å²) in [6.07, 6.45) is 2.10. The van der Waals surface area contributed by atoms with Crippen molar-refractivity contribution in [1.82, 2.24) is 10.6 Å². The SMILES string of the molecule is COC(CNC(=O)NC(C)CCCC(C)C)C(=O)O. The molecule has 2 amide bonds. The highest BCUT2D eigenvalue weighted by atomic mass is 16.5. The number of carboxylic acid groups (broad SMARTS) is 1. The van der Waals surface area contributed by atoms with E-state index in [0.29, 0.717) is 5.92 Å². The normalized spacial score (nSPS) is 13.9. The summed E-state index contributed by atoms with van der Waals surface area (Å²) in [4.78, 5) is 22.2. The minimum Gasteiger partial charge on any atom is -0.479 e.